The molecule has 0 bridgehead atoms. The average molecular weight is 1260 g/mol. The lowest BCUT2D eigenvalue weighted by Crippen LogP contribution is -2.54. The number of halogens is 9. The van der Waals surface area contributed by atoms with Gasteiger partial charge < -0.3 is 44.4 Å². The van der Waals surface area contributed by atoms with Crippen LogP contribution in [0.4, 0.5) is 39.5 Å². The average Bonchev–Trinajstić information content (AvgIpc) is 0.965. The van der Waals surface area contributed by atoms with Crippen molar-refractivity contribution in [2.24, 2.45) is 0 Å². The molecular formula is C71H86F9N3O7. The summed E-state index contributed by atoms with van der Waals surface area (Å²) in [5.74, 6) is -0.316. The molecule has 6 aromatic carbocycles. The number of piperidine rings is 3. The molecule has 9 rings (SSSR count). The summed E-state index contributed by atoms with van der Waals surface area (Å²) in [6, 6.07) is 42.2. The quantitative estimate of drug-likeness (QED) is 0.0536. The van der Waals surface area contributed by atoms with Crippen LogP contribution in [0.1, 0.15) is 158 Å². The van der Waals surface area contributed by atoms with Crippen LogP contribution in [0.2, 0.25) is 0 Å². The first-order valence-electron chi connectivity index (χ1n) is 30.7. The van der Waals surface area contributed by atoms with Gasteiger partial charge in [0, 0.05) is 40.3 Å². The summed E-state index contributed by atoms with van der Waals surface area (Å²) < 4.78 is 154. The van der Waals surface area contributed by atoms with Crippen molar-refractivity contribution in [2.75, 3.05) is 53.2 Å². The van der Waals surface area contributed by atoms with Gasteiger partial charge in [-0.3, -0.25) is 4.79 Å². The lowest BCUT2D eigenvalue weighted by molar-refractivity contribution is -0.148. The molecule has 3 heterocycles. The number of rotatable bonds is 19. The Hall–Kier alpha value is -6.16. The minimum absolute atomic E-state index is 0.148. The van der Waals surface area contributed by atoms with Gasteiger partial charge in [-0.2, -0.15) is 39.5 Å². The van der Waals surface area contributed by atoms with Gasteiger partial charge in [0.1, 0.15) is 6.10 Å². The summed E-state index contributed by atoms with van der Waals surface area (Å²) in [7, 11) is 1.70. The summed E-state index contributed by atoms with van der Waals surface area (Å²) in [6.45, 7) is 17.3. The van der Waals surface area contributed by atoms with E-state index in [0.717, 1.165) is 66.6 Å². The van der Waals surface area contributed by atoms with Gasteiger partial charge in [0.05, 0.1) is 83.6 Å². The molecule has 0 spiro atoms. The van der Waals surface area contributed by atoms with Crippen molar-refractivity contribution in [2.45, 2.75) is 166 Å². The maximum atomic E-state index is 13.2. The highest BCUT2D eigenvalue weighted by molar-refractivity contribution is 5.66. The van der Waals surface area contributed by atoms with Crippen molar-refractivity contribution in [3.63, 3.8) is 0 Å². The molecule has 3 aliphatic rings. The predicted molar refractivity (Wildman–Crippen MR) is 329 cm³/mol. The summed E-state index contributed by atoms with van der Waals surface area (Å²) in [5.41, 5.74) is 3.27. The minimum atomic E-state index is -4.40. The number of benzene rings is 6. The molecule has 3 N–H and O–H groups in total. The number of hydrogen-bond donors (Lipinski definition) is 3. The topological polar surface area (TPSA) is 109 Å². The smallest absolute Gasteiger partial charge is 0.416 e. The largest absolute Gasteiger partial charge is 0.461 e. The first kappa shape index (κ1) is 71.3. The Balaban J connectivity index is 0.000000192. The molecular weight excluding hydrogens is 1180 g/mol. The van der Waals surface area contributed by atoms with Gasteiger partial charge in [0.15, 0.2) is 0 Å². The second-order valence-electron chi connectivity index (χ2n) is 24.0. The molecule has 0 saturated carbocycles. The molecule has 0 aromatic heterocycles. The number of nitrogens with one attached hydrogen (secondary N) is 3. The molecule has 490 valence electrons. The highest BCUT2D eigenvalue weighted by atomic mass is 19.4. The Morgan fingerprint density at radius 2 is 0.778 bits per heavy atom. The standard InChI is InChI=1S/C24H28F3NO3.C24H30F3NO2.C23H28F3NO2/c1-16-11-19(13-21(12-16)24(25,26)27)17(2)30-15-23(20-7-5-4-6-8-20)10-9-22(14-28-23)31-18(3)29;1-4-29-22-10-11-23(28-15-22,20-8-6-5-7-9-20)16-30-18(3)19-12-17(2)13-21(14-19)24(25,26)27;1-16-11-18(13-20(12-16)23(24,25)26)17(2)29-15-22(19-7-5-4-6-8-19)10-9-21(28-3)14-27-22/h4-8,11-13,17,22,28H,9-10,14-15H2,1-3H3;5-9,12-14,18,22,28H,4,10-11,15-16H2,1-3H3;4-8,11-13,17,21,27H,9-10,14-15H2,1-3H3/t17-,22?,23-;18-,22?,23-;17-,21?,22-/m111/s1. The van der Waals surface area contributed by atoms with Gasteiger partial charge >= 0.3 is 24.5 Å². The van der Waals surface area contributed by atoms with Crippen LogP contribution in [0.15, 0.2) is 146 Å². The Morgan fingerprint density at radius 3 is 1.03 bits per heavy atom. The van der Waals surface area contributed by atoms with Crippen molar-refractivity contribution in [3.05, 3.63) is 212 Å². The maximum absolute atomic E-state index is 13.2. The normalized spacial score (nSPS) is 23.2. The summed E-state index contributed by atoms with van der Waals surface area (Å²) in [4.78, 5) is 11.3. The van der Waals surface area contributed by atoms with Gasteiger partial charge in [0.2, 0.25) is 0 Å². The Kier molecular flexibility index (Phi) is 24.9. The lowest BCUT2D eigenvalue weighted by Gasteiger charge is -2.42. The van der Waals surface area contributed by atoms with E-state index in [-0.39, 0.29) is 42.0 Å². The van der Waals surface area contributed by atoms with Gasteiger partial charge in [-0.05, 0) is 157 Å². The first-order chi connectivity index (χ1) is 42.6. The van der Waals surface area contributed by atoms with Crippen molar-refractivity contribution in [1.29, 1.82) is 0 Å². The van der Waals surface area contributed by atoms with Gasteiger partial charge in [-0.15, -0.1) is 0 Å². The second-order valence-corrected chi connectivity index (χ2v) is 24.0. The number of carbonyl (C=O) groups excluding carboxylic acids is 1. The molecule has 10 nitrogen and oxygen atoms in total. The second kappa shape index (κ2) is 31.4. The Morgan fingerprint density at radius 1 is 0.478 bits per heavy atom. The highest BCUT2D eigenvalue weighted by Gasteiger charge is 2.42. The van der Waals surface area contributed by atoms with Gasteiger partial charge in [0.25, 0.3) is 0 Å². The molecule has 19 heteroatoms. The van der Waals surface area contributed by atoms with E-state index in [1.807, 2.05) is 73.7 Å². The van der Waals surface area contributed by atoms with Crippen LogP contribution in [0, 0.1) is 20.8 Å². The Bertz CT molecular complexity index is 3180. The third-order valence-corrected chi connectivity index (χ3v) is 17.2. The van der Waals surface area contributed by atoms with E-state index in [9.17, 15) is 44.3 Å². The number of esters is 1. The third-order valence-electron chi connectivity index (χ3n) is 17.2. The number of alkyl halides is 9. The van der Waals surface area contributed by atoms with Crippen LogP contribution in [0.25, 0.3) is 0 Å². The molecule has 3 aliphatic heterocycles. The van der Waals surface area contributed by atoms with E-state index in [4.69, 9.17) is 28.4 Å². The van der Waals surface area contributed by atoms with Crippen LogP contribution in [0.5, 0.6) is 0 Å². The number of hydrogen-bond acceptors (Lipinski definition) is 10. The zero-order valence-corrected chi connectivity index (χ0v) is 52.8. The van der Waals surface area contributed by atoms with Crippen LogP contribution < -0.4 is 16.0 Å². The summed E-state index contributed by atoms with van der Waals surface area (Å²) >= 11 is 0. The fourth-order valence-electron chi connectivity index (χ4n) is 12.0. The molecule has 0 aliphatic carbocycles. The number of aryl methyl sites for hydroxylation is 3. The third kappa shape index (κ3) is 19.7. The first-order valence-corrected chi connectivity index (χ1v) is 30.7. The van der Waals surface area contributed by atoms with Crippen LogP contribution in [-0.2, 0) is 68.4 Å². The predicted octanol–water partition coefficient (Wildman–Crippen LogP) is 16.5. The molecule has 6 aromatic rings. The van der Waals surface area contributed by atoms with Crippen LogP contribution >= 0.6 is 0 Å². The van der Waals surface area contributed by atoms with Gasteiger partial charge in [-0.1, -0.05) is 126 Å². The zero-order valence-electron chi connectivity index (χ0n) is 52.8. The van der Waals surface area contributed by atoms with Crippen molar-refractivity contribution < 1.29 is 72.7 Å². The molecule has 90 heavy (non-hydrogen) atoms. The van der Waals surface area contributed by atoms with E-state index in [1.165, 1.54) is 19.1 Å². The van der Waals surface area contributed by atoms with E-state index < -0.39 is 59.1 Å². The molecule has 0 radical (unpaired) electrons. The van der Waals surface area contributed by atoms with Crippen molar-refractivity contribution in [1.82, 2.24) is 16.0 Å². The monoisotopic (exact) mass is 1260 g/mol. The zero-order chi connectivity index (χ0) is 65.5. The van der Waals surface area contributed by atoms with Gasteiger partial charge in [-0.25, -0.2) is 0 Å². The summed E-state index contributed by atoms with van der Waals surface area (Å²) in [6.07, 6.45) is -9.70. The lowest BCUT2D eigenvalue weighted by atomic mass is 9.82. The molecule has 3 fully saturated rings. The van der Waals surface area contributed by atoms with E-state index >= 15 is 0 Å². The molecule has 3 unspecified atom stereocenters. The maximum Gasteiger partial charge on any atom is 0.416 e. The Labute approximate surface area is 523 Å². The summed E-state index contributed by atoms with van der Waals surface area (Å²) in [5, 5.41) is 10.7. The fraction of sp³-hybridized carbons (Fsp3) is 0.479. The fourth-order valence-corrected chi connectivity index (χ4v) is 12.0. The molecule has 9 atom stereocenters. The minimum Gasteiger partial charge on any atom is -0.461 e. The molecule has 0 amide bonds. The van der Waals surface area contributed by atoms with E-state index in [1.54, 1.807) is 66.9 Å². The van der Waals surface area contributed by atoms with Crippen molar-refractivity contribution in [3.8, 4) is 0 Å². The van der Waals surface area contributed by atoms with Crippen molar-refractivity contribution >= 4 is 5.97 Å². The SMILES string of the molecule is CC(=O)OC1CC[C@@](CO[C@H](C)c2cc(C)cc(C(F)(F)F)c2)(c2ccccc2)NC1.CCOC1CC[C@@](CO[C@H](C)c2cc(C)cc(C(F)(F)F)c2)(c2ccccc2)NC1.COC1CC[C@@](CO[C@H](C)c2cc(C)cc(C(F)(F)F)c2)(c2ccccc2)NC1. The molecule has 3 saturated heterocycles. The van der Waals surface area contributed by atoms with Crippen LogP contribution in [0.3, 0.4) is 0 Å². The van der Waals surface area contributed by atoms with E-state index in [0.29, 0.717) is 85.7 Å². The number of carbonyl (C=O) groups is 1. The van der Waals surface area contributed by atoms with E-state index in [2.05, 4.69) is 40.2 Å². The van der Waals surface area contributed by atoms with Crippen LogP contribution in [-0.4, -0.2) is 77.5 Å². The highest BCUT2D eigenvalue weighted by Crippen LogP contribution is 2.40. The number of ether oxygens (including phenoxy) is 6. The number of methoxy groups -OCH3 is 1.